The number of benzene rings is 1. The van der Waals surface area contributed by atoms with Crippen LogP contribution in [0.15, 0.2) is 24.3 Å². The monoisotopic (exact) mass is 292 g/mol. The lowest BCUT2D eigenvalue weighted by Crippen LogP contribution is -2.45. The molecule has 0 radical (unpaired) electrons. The van der Waals surface area contributed by atoms with Gasteiger partial charge in [0, 0.05) is 25.7 Å². The van der Waals surface area contributed by atoms with E-state index in [-0.39, 0.29) is 0 Å². The molecular formula is C17H28N2O2. The fraction of sp³-hybridized carbons (Fsp3) is 0.647. The van der Waals surface area contributed by atoms with Gasteiger partial charge in [-0.15, -0.1) is 0 Å². The number of hydrogen-bond acceptors (Lipinski definition) is 4. The van der Waals surface area contributed by atoms with Crippen molar-refractivity contribution in [3.63, 3.8) is 0 Å². The van der Waals surface area contributed by atoms with Gasteiger partial charge in [0.2, 0.25) is 0 Å². The molecule has 2 rings (SSSR count). The lowest BCUT2D eigenvalue weighted by Gasteiger charge is -2.34. The maximum absolute atomic E-state index is 5.74. The van der Waals surface area contributed by atoms with Crippen LogP contribution in [0.4, 0.5) is 0 Å². The van der Waals surface area contributed by atoms with E-state index >= 15 is 0 Å². The van der Waals surface area contributed by atoms with Crippen molar-refractivity contribution >= 4 is 0 Å². The number of morpholine rings is 1. The second kappa shape index (κ2) is 8.37. The molecule has 118 valence electrons. The molecule has 1 aliphatic heterocycles. The van der Waals surface area contributed by atoms with E-state index in [4.69, 9.17) is 9.47 Å². The summed E-state index contributed by atoms with van der Waals surface area (Å²) in [5.41, 5.74) is 1.31. The predicted molar refractivity (Wildman–Crippen MR) is 85.9 cm³/mol. The average Bonchev–Trinajstić information content (AvgIpc) is 2.54. The number of hydrogen-bond donors (Lipinski definition) is 1. The van der Waals surface area contributed by atoms with Gasteiger partial charge in [0.15, 0.2) is 0 Å². The summed E-state index contributed by atoms with van der Waals surface area (Å²) in [6.45, 7) is 8.82. The molecule has 1 fully saturated rings. The molecule has 1 aromatic carbocycles. The highest BCUT2D eigenvalue weighted by Gasteiger charge is 2.21. The quantitative estimate of drug-likeness (QED) is 0.837. The Bertz CT molecular complexity index is 408. The van der Waals surface area contributed by atoms with Gasteiger partial charge >= 0.3 is 0 Å². The molecule has 4 nitrogen and oxygen atoms in total. The van der Waals surface area contributed by atoms with E-state index in [1.54, 1.807) is 0 Å². The van der Waals surface area contributed by atoms with E-state index in [1.165, 1.54) is 5.56 Å². The maximum atomic E-state index is 5.74. The molecule has 21 heavy (non-hydrogen) atoms. The van der Waals surface area contributed by atoms with Crippen molar-refractivity contribution in [3.8, 4) is 5.75 Å². The van der Waals surface area contributed by atoms with Crippen LogP contribution in [-0.4, -0.2) is 50.9 Å². The molecule has 0 saturated carbocycles. The lowest BCUT2D eigenvalue weighted by atomic mass is 10.1. The van der Waals surface area contributed by atoms with Gasteiger partial charge in [0.05, 0.1) is 19.3 Å². The SMILES string of the molecule is CCOc1ccc(C(CN2CCOC(CC)C2)NC)cc1. The van der Waals surface area contributed by atoms with E-state index in [2.05, 4.69) is 41.4 Å². The van der Waals surface area contributed by atoms with Gasteiger partial charge in [-0.2, -0.15) is 0 Å². The minimum Gasteiger partial charge on any atom is -0.494 e. The third kappa shape index (κ3) is 4.70. The minimum atomic E-state index is 0.344. The summed E-state index contributed by atoms with van der Waals surface area (Å²) in [6.07, 6.45) is 1.47. The molecule has 0 spiro atoms. The van der Waals surface area contributed by atoms with Crippen LogP contribution in [0.1, 0.15) is 31.9 Å². The second-order valence-electron chi connectivity index (χ2n) is 5.50. The Morgan fingerprint density at radius 1 is 1.33 bits per heavy atom. The van der Waals surface area contributed by atoms with E-state index in [0.29, 0.717) is 18.8 Å². The molecule has 0 bridgehead atoms. The van der Waals surface area contributed by atoms with E-state index in [1.807, 2.05) is 14.0 Å². The first-order valence-corrected chi connectivity index (χ1v) is 8.00. The summed E-state index contributed by atoms with van der Waals surface area (Å²) < 4.78 is 11.2. The standard InChI is InChI=1S/C17H28N2O2/c1-4-15-12-19(10-11-21-15)13-17(18-3)14-6-8-16(9-7-14)20-5-2/h6-9,15,17-18H,4-5,10-13H2,1-3H3. The highest BCUT2D eigenvalue weighted by Crippen LogP contribution is 2.20. The molecule has 1 aliphatic rings. The highest BCUT2D eigenvalue weighted by molar-refractivity contribution is 5.29. The van der Waals surface area contributed by atoms with Gasteiger partial charge in [-0.1, -0.05) is 19.1 Å². The van der Waals surface area contributed by atoms with Crippen molar-refractivity contribution in [1.82, 2.24) is 10.2 Å². The summed E-state index contributed by atoms with van der Waals surface area (Å²) in [5.74, 6) is 0.938. The van der Waals surface area contributed by atoms with E-state index in [0.717, 1.165) is 38.4 Å². The number of nitrogens with one attached hydrogen (secondary N) is 1. The van der Waals surface area contributed by atoms with Gasteiger partial charge in [0.1, 0.15) is 5.75 Å². The molecule has 1 saturated heterocycles. The normalized spacial score (nSPS) is 21.2. The van der Waals surface area contributed by atoms with Gasteiger partial charge < -0.3 is 14.8 Å². The van der Waals surface area contributed by atoms with Crippen LogP contribution >= 0.6 is 0 Å². The van der Waals surface area contributed by atoms with Gasteiger partial charge in [-0.05, 0) is 38.1 Å². The minimum absolute atomic E-state index is 0.344. The molecule has 4 heteroatoms. The number of likely N-dealkylation sites (N-methyl/N-ethyl adjacent to an activating group) is 1. The zero-order chi connectivity index (χ0) is 15.1. The maximum Gasteiger partial charge on any atom is 0.119 e. The molecule has 0 aliphatic carbocycles. The highest BCUT2D eigenvalue weighted by atomic mass is 16.5. The molecule has 2 unspecified atom stereocenters. The molecular weight excluding hydrogens is 264 g/mol. The first-order chi connectivity index (χ1) is 10.3. The Balaban J connectivity index is 1.95. The second-order valence-corrected chi connectivity index (χ2v) is 5.50. The van der Waals surface area contributed by atoms with Crippen LogP contribution in [-0.2, 0) is 4.74 Å². The van der Waals surface area contributed by atoms with E-state index < -0.39 is 0 Å². The Hall–Kier alpha value is -1.10. The first-order valence-electron chi connectivity index (χ1n) is 8.00. The van der Waals surface area contributed by atoms with Crippen LogP contribution in [0, 0.1) is 0 Å². The molecule has 0 aromatic heterocycles. The zero-order valence-electron chi connectivity index (χ0n) is 13.5. The Morgan fingerprint density at radius 2 is 2.10 bits per heavy atom. The molecule has 1 aromatic rings. The number of rotatable bonds is 7. The van der Waals surface area contributed by atoms with Crippen LogP contribution in [0.25, 0.3) is 0 Å². The summed E-state index contributed by atoms with van der Waals surface area (Å²) in [7, 11) is 2.03. The molecule has 2 atom stereocenters. The van der Waals surface area contributed by atoms with Crippen molar-refractivity contribution < 1.29 is 9.47 Å². The van der Waals surface area contributed by atoms with Gasteiger partial charge in [-0.25, -0.2) is 0 Å². The fourth-order valence-electron chi connectivity index (χ4n) is 2.78. The van der Waals surface area contributed by atoms with Crippen LogP contribution in [0.2, 0.25) is 0 Å². The topological polar surface area (TPSA) is 33.7 Å². The Kier molecular flexibility index (Phi) is 6.49. The molecule has 1 N–H and O–H groups in total. The molecule has 0 amide bonds. The number of ether oxygens (including phenoxy) is 2. The van der Waals surface area contributed by atoms with Gasteiger partial charge in [-0.3, -0.25) is 4.90 Å². The Labute approximate surface area is 128 Å². The van der Waals surface area contributed by atoms with Crippen LogP contribution in [0.3, 0.4) is 0 Å². The lowest BCUT2D eigenvalue weighted by molar-refractivity contribution is -0.0320. The van der Waals surface area contributed by atoms with Crippen LogP contribution < -0.4 is 10.1 Å². The third-order valence-corrected chi connectivity index (χ3v) is 4.06. The van der Waals surface area contributed by atoms with Crippen molar-refractivity contribution in [2.45, 2.75) is 32.4 Å². The van der Waals surface area contributed by atoms with Crippen molar-refractivity contribution in [3.05, 3.63) is 29.8 Å². The smallest absolute Gasteiger partial charge is 0.119 e. The summed E-state index contributed by atoms with van der Waals surface area (Å²) in [6, 6.07) is 8.76. The van der Waals surface area contributed by atoms with E-state index in [9.17, 15) is 0 Å². The van der Waals surface area contributed by atoms with Gasteiger partial charge in [0.25, 0.3) is 0 Å². The summed E-state index contributed by atoms with van der Waals surface area (Å²) in [4.78, 5) is 2.50. The zero-order valence-corrected chi connectivity index (χ0v) is 13.5. The average molecular weight is 292 g/mol. The van der Waals surface area contributed by atoms with Crippen molar-refractivity contribution in [2.75, 3.05) is 39.9 Å². The number of nitrogens with zero attached hydrogens (tertiary/aromatic N) is 1. The molecule has 1 heterocycles. The third-order valence-electron chi connectivity index (χ3n) is 4.06. The van der Waals surface area contributed by atoms with Crippen LogP contribution in [0.5, 0.6) is 5.75 Å². The summed E-state index contributed by atoms with van der Waals surface area (Å²) in [5, 5.41) is 3.43. The fourth-order valence-corrected chi connectivity index (χ4v) is 2.78. The largest absolute Gasteiger partial charge is 0.494 e. The first kappa shape index (κ1) is 16.3. The summed E-state index contributed by atoms with van der Waals surface area (Å²) >= 11 is 0. The van der Waals surface area contributed by atoms with Crippen molar-refractivity contribution in [1.29, 1.82) is 0 Å². The van der Waals surface area contributed by atoms with Crippen molar-refractivity contribution in [2.24, 2.45) is 0 Å². The Morgan fingerprint density at radius 3 is 2.71 bits per heavy atom. The predicted octanol–water partition coefficient (Wildman–Crippen LogP) is 2.46.